The molecule has 1 aliphatic carbocycles. The summed E-state index contributed by atoms with van der Waals surface area (Å²) in [6.07, 6.45) is 2.24. The van der Waals surface area contributed by atoms with Crippen LogP contribution in [0.15, 0.2) is 24.3 Å². The summed E-state index contributed by atoms with van der Waals surface area (Å²) in [5.41, 5.74) is 1.47. The summed E-state index contributed by atoms with van der Waals surface area (Å²) in [4.78, 5) is 19.8. The molecule has 0 radical (unpaired) electrons. The monoisotopic (exact) mass is 396 g/mol. The molecule has 0 spiro atoms. The van der Waals surface area contributed by atoms with Crippen LogP contribution in [-0.4, -0.2) is 21.9 Å². The van der Waals surface area contributed by atoms with Gasteiger partial charge in [-0.15, -0.1) is 0 Å². The van der Waals surface area contributed by atoms with Gasteiger partial charge >= 0.3 is 0 Å². The van der Waals surface area contributed by atoms with Crippen LogP contribution in [0.3, 0.4) is 0 Å². The van der Waals surface area contributed by atoms with Gasteiger partial charge in [0.1, 0.15) is 5.82 Å². The van der Waals surface area contributed by atoms with Gasteiger partial charge in [0.05, 0.1) is 19.8 Å². The van der Waals surface area contributed by atoms with Gasteiger partial charge in [-0.25, -0.2) is 9.97 Å². The summed E-state index contributed by atoms with van der Waals surface area (Å²) in [6.45, 7) is 0. The quantitative estimate of drug-likeness (QED) is 0.486. The van der Waals surface area contributed by atoms with E-state index in [9.17, 15) is 10.1 Å². The van der Waals surface area contributed by atoms with Crippen LogP contribution in [0.2, 0.25) is 0 Å². The minimum atomic E-state index is -0.396. The predicted octanol–water partition coefficient (Wildman–Crippen LogP) is 3.58. The number of aromatic nitrogens is 2. The third kappa shape index (κ3) is 2.69. The number of hydrogen-bond donors (Lipinski definition) is 1. The summed E-state index contributed by atoms with van der Waals surface area (Å²) in [7, 11) is 1.80. The Morgan fingerprint density at radius 3 is 2.67 bits per heavy atom. The number of nitro groups is 1. The summed E-state index contributed by atoms with van der Waals surface area (Å²) >= 11 is 2.23. The molecular weight excluding hydrogens is 383 g/mol. The molecule has 1 saturated carbocycles. The van der Waals surface area contributed by atoms with Crippen LogP contribution in [0.5, 0.6) is 0 Å². The Bertz CT molecular complexity index is 716. The van der Waals surface area contributed by atoms with Crippen molar-refractivity contribution in [2.75, 3.05) is 12.4 Å². The first-order valence-corrected chi connectivity index (χ1v) is 7.68. The maximum Gasteiger partial charge on any atom is 0.280 e. The van der Waals surface area contributed by atoms with Crippen molar-refractivity contribution in [2.24, 2.45) is 0 Å². The molecule has 1 aromatic heterocycles. The highest BCUT2D eigenvalue weighted by Gasteiger charge is 2.30. The normalized spacial score (nSPS) is 14.0. The molecular formula is C14H13IN4O2. The van der Waals surface area contributed by atoms with E-state index in [-0.39, 0.29) is 5.69 Å². The summed E-state index contributed by atoms with van der Waals surface area (Å²) in [6, 6.07) is 6.58. The smallest absolute Gasteiger partial charge is 0.280 e. The first-order chi connectivity index (χ1) is 10.1. The highest BCUT2D eigenvalue weighted by atomic mass is 127. The number of rotatable bonds is 4. The van der Waals surface area contributed by atoms with Crippen molar-refractivity contribution in [3.63, 3.8) is 0 Å². The predicted molar refractivity (Wildman–Crippen MR) is 88.4 cm³/mol. The van der Waals surface area contributed by atoms with E-state index in [1.54, 1.807) is 25.2 Å². The van der Waals surface area contributed by atoms with E-state index in [0.717, 1.165) is 27.9 Å². The van der Waals surface area contributed by atoms with E-state index in [1.807, 2.05) is 0 Å². The van der Waals surface area contributed by atoms with Crippen molar-refractivity contribution < 1.29 is 4.92 Å². The average Bonchev–Trinajstić information content (AvgIpc) is 3.32. The van der Waals surface area contributed by atoms with Gasteiger partial charge in [0.2, 0.25) is 0 Å². The number of halogens is 1. The van der Waals surface area contributed by atoms with Gasteiger partial charge in [0.25, 0.3) is 5.69 Å². The van der Waals surface area contributed by atoms with Crippen molar-refractivity contribution in [1.29, 1.82) is 0 Å². The van der Waals surface area contributed by atoms with Crippen LogP contribution < -0.4 is 5.32 Å². The molecule has 0 atom stereocenters. The van der Waals surface area contributed by atoms with Gasteiger partial charge in [-0.1, -0.05) is 12.1 Å². The summed E-state index contributed by atoms with van der Waals surface area (Å²) in [5, 5.41) is 14.2. The van der Waals surface area contributed by atoms with Gasteiger partial charge in [-0.3, -0.25) is 10.1 Å². The highest BCUT2D eigenvalue weighted by molar-refractivity contribution is 14.1. The van der Waals surface area contributed by atoms with Crippen molar-refractivity contribution in [2.45, 2.75) is 18.8 Å². The lowest BCUT2D eigenvalue weighted by molar-refractivity contribution is -0.384. The number of hydrogen-bond acceptors (Lipinski definition) is 5. The Morgan fingerprint density at radius 1 is 1.33 bits per heavy atom. The Hall–Kier alpha value is -1.77. The number of nitrogens with one attached hydrogen (secondary N) is 1. The lowest BCUT2D eigenvalue weighted by atomic mass is 10.1. The standard InChI is InChI=1S/C14H13IN4O2/c1-16-14-11(15)12(8-6-7-8)17-13(18-14)9-4-2-3-5-10(9)19(20)21/h2-5,8H,6-7H2,1H3,(H,16,17,18). The Labute approximate surface area is 135 Å². The van der Waals surface area contributed by atoms with Crippen molar-refractivity contribution in [3.05, 3.63) is 43.6 Å². The minimum Gasteiger partial charge on any atom is -0.372 e. The number of nitro benzene ring substituents is 1. The molecule has 108 valence electrons. The number of benzene rings is 1. The Kier molecular flexibility index (Phi) is 3.75. The second-order valence-corrected chi connectivity index (χ2v) is 5.97. The van der Waals surface area contributed by atoms with Crippen molar-refractivity contribution in [1.82, 2.24) is 9.97 Å². The van der Waals surface area contributed by atoms with Crippen molar-refractivity contribution in [3.8, 4) is 11.4 Å². The minimum absolute atomic E-state index is 0.0301. The summed E-state index contributed by atoms with van der Waals surface area (Å²) in [5.74, 6) is 1.59. The molecule has 2 aromatic rings. The highest BCUT2D eigenvalue weighted by Crippen LogP contribution is 2.43. The van der Waals surface area contributed by atoms with Gasteiger partial charge in [-0.2, -0.15) is 0 Å². The fourth-order valence-electron chi connectivity index (χ4n) is 2.20. The Balaban J connectivity index is 2.19. The van der Waals surface area contributed by atoms with Crippen LogP contribution >= 0.6 is 22.6 Å². The van der Waals surface area contributed by atoms with Crippen LogP contribution in [0, 0.1) is 13.7 Å². The van der Waals surface area contributed by atoms with Gasteiger partial charge in [-0.05, 0) is 41.5 Å². The van der Waals surface area contributed by atoms with E-state index in [2.05, 4.69) is 37.9 Å². The molecule has 7 heteroatoms. The maximum absolute atomic E-state index is 11.2. The zero-order chi connectivity index (χ0) is 15.0. The number of anilines is 1. The topological polar surface area (TPSA) is 81.0 Å². The van der Waals surface area contributed by atoms with Gasteiger partial charge in [0.15, 0.2) is 5.82 Å². The molecule has 1 fully saturated rings. The Morgan fingerprint density at radius 2 is 2.05 bits per heavy atom. The summed E-state index contributed by atoms with van der Waals surface area (Å²) < 4.78 is 1.000. The first kappa shape index (κ1) is 14.2. The molecule has 0 saturated heterocycles. The molecule has 1 N–H and O–H groups in total. The largest absolute Gasteiger partial charge is 0.372 e. The van der Waals surface area contributed by atoms with Gasteiger partial charge < -0.3 is 5.32 Å². The zero-order valence-corrected chi connectivity index (χ0v) is 13.5. The van der Waals surface area contributed by atoms with E-state index in [0.29, 0.717) is 17.3 Å². The molecule has 0 amide bonds. The van der Waals surface area contributed by atoms with E-state index in [4.69, 9.17) is 0 Å². The van der Waals surface area contributed by atoms with E-state index in [1.165, 1.54) is 6.07 Å². The number of nitrogens with zero attached hydrogens (tertiary/aromatic N) is 3. The van der Waals surface area contributed by atoms with Crippen LogP contribution in [0.1, 0.15) is 24.5 Å². The van der Waals surface area contributed by atoms with Crippen molar-refractivity contribution >= 4 is 34.1 Å². The lowest BCUT2D eigenvalue weighted by Gasteiger charge is -2.11. The van der Waals surface area contributed by atoms with Crippen LogP contribution in [0.25, 0.3) is 11.4 Å². The fourth-order valence-corrected chi connectivity index (χ4v) is 3.15. The van der Waals surface area contributed by atoms with Gasteiger partial charge in [0, 0.05) is 19.0 Å². The van der Waals surface area contributed by atoms with Crippen LogP contribution in [-0.2, 0) is 0 Å². The first-order valence-electron chi connectivity index (χ1n) is 6.60. The van der Waals surface area contributed by atoms with E-state index >= 15 is 0 Å². The molecule has 21 heavy (non-hydrogen) atoms. The zero-order valence-electron chi connectivity index (χ0n) is 11.3. The second kappa shape index (κ2) is 5.55. The van der Waals surface area contributed by atoms with E-state index < -0.39 is 4.92 Å². The molecule has 1 aromatic carbocycles. The molecule has 0 unspecified atom stereocenters. The third-order valence-electron chi connectivity index (χ3n) is 3.42. The van der Waals surface area contributed by atoms with Crippen LogP contribution in [0.4, 0.5) is 11.5 Å². The molecule has 6 nitrogen and oxygen atoms in total. The molecule has 0 bridgehead atoms. The molecule has 3 rings (SSSR count). The molecule has 1 heterocycles. The molecule has 1 aliphatic rings. The SMILES string of the molecule is CNc1nc(-c2ccccc2[N+](=O)[O-])nc(C2CC2)c1I. The fraction of sp³-hybridized carbons (Fsp3) is 0.286. The second-order valence-electron chi connectivity index (χ2n) is 4.89. The number of para-hydroxylation sites is 1. The molecule has 0 aliphatic heterocycles. The third-order valence-corrected chi connectivity index (χ3v) is 4.48. The average molecular weight is 396 g/mol. The lowest BCUT2D eigenvalue weighted by Crippen LogP contribution is -2.05. The maximum atomic E-state index is 11.2.